The molecule has 0 saturated carbocycles. The average molecular weight is 348 g/mol. The Morgan fingerprint density at radius 2 is 2.04 bits per heavy atom. The molecule has 10 heteroatoms. The van der Waals surface area contributed by atoms with E-state index >= 15 is 0 Å². The summed E-state index contributed by atoms with van der Waals surface area (Å²) >= 11 is 0. The third-order valence-electron chi connectivity index (χ3n) is 2.74. The minimum Gasteiger partial charge on any atom is -0.480 e. The van der Waals surface area contributed by atoms with Crippen molar-refractivity contribution >= 4 is 27.6 Å². The molecule has 1 aromatic rings. The van der Waals surface area contributed by atoms with Crippen molar-refractivity contribution in [3.63, 3.8) is 0 Å². The highest BCUT2D eigenvalue weighted by atomic mass is 32.2. The van der Waals surface area contributed by atoms with Crippen molar-refractivity contribution in [3.05, 3.63) is 29.6 Å². The average Bonchev–Trinajstić information content (AvgIpc) is 2.43. The van der Waals surface area contributed by atoms with Gasteiger partial charge in [-0.1, -0.05) is 0 Å². The quantitative estimate of drug-likeness (QED) is 0.626. The number of carbonyl (C=O) groups excluding carboxylic acids is 1. The molecular formula is C13H17FN2O6S. The van der Waals surface area contributed by atoms with Gasteiger partial charge in [-0.3, -0.25) is 9.52 Å². The number of anilines is 1. The fourth-order valence-electron chi connectivity index (χ4n) is 1.68. The Morgan fingerprint density at radius 1 is 1.39 bits per heavy atom. The predicted octanol–water partition coefficient (Wildman–Crippen LogP) is 0.417. The largest absolute Gasteiger partial charge is 0.480 e. The van der Waals surface area contributed by atoms with Crippen LogP contribution in [0.3, 0.4) is 0 Å². The Balaban J connectivity index is 2.95. The summed E-state index contributed by atoms with van der Waals surface area (Å²) < 4.78 is 42.5. The molecule has 0 saturated heterocycles. The number of halogens is 1. The highest BCUT2D eigenvalue weighted by Crippen LogP contribution is 2.17. The van der Waals surface area contributed by atoms with Gasteiger partial charge < -0.3 is 15.2 Å². The van der Waals surface area contributed by atoms with Crippen molar-refractivity contribution in [3.8, 4) is 0 Å². The van der Waals surface area contributed by atoms with Crippen molar-refractivity contribution in [2.24, 2.45) is 0 Å². The number of hydrogen-bond donors (Lipinski definition) is 3. The number of nitrogens with one attached hydrogen (secondary N) is 2. The van der Waals surface area contributed by atoms with Crippen LogP contribution in [0.15, 0.2) is 18.2 Å². The van der Waals surface area contributed by atoms with Gasteiger partial charge in [-0.15, -0.1) is 0 Å². The van der Waals surface area contributed by atoms with Gasteiger partial charge in [-0.25, -0.2) is 17.6 Å². The van der Waals surface area contributed by atoms with Crippen molar-refractivity contribution < 1.29 is 32.2 Å². The summed E-state index contributed by atoms with van der Waals surface area (Å²) in [5.41, 5.74) is -0.481. The maximum atomic E-state index is 13.6. The van der Waals surface area contributed by atoms with Gasteiger partial charge in [0, 0.05) is 25.7 Å². The molecule has 1 unspecified atom stereocenters. The van der Waals surface area contributed by atoms with Gasteiger partial charge in [0.2, 0.25) is 10.0 Å². The molecule has 23 heavy (non-hydrogen) atoms. The monoisotopic (exact) mass is 348 g/mol. The zero-order valence-corrected chi connectivity index (χ0v) is 13.3. The van der Waals surface area contributed by atoms with E-state index in [0.717, 1.165) is 24.5 Å². The third kappa shape index (κ3) is 6.20. The highest BCUT2D eigenvalue weighted by Gasteiger charge is 2.21. The van der Waals surface area contributed by atoms with Crippen LogP contribution in [0, 0.1) is 5.82 Å². The van der Waals surface area contributed by atoms with Gasteiger partial charge in [-0.2, -0.15) is 0 Å². The molecule has 0 aliphatic rings. The lowest BCUT2D eigenvalue weighted by Gasteiger charge is -2.14. The maximum Gasteiger partial charge on any atom is 0.326 e. The zero-order chi connectivity index (χ0) is 17.6. The van der Waals surface area contributed by atoms with Crippen molar-refractivity contribution in [1.29, 1.82) is 0 Å². The molecule has 0 heterocycles. The molecule has 8 nitrogen and oxygen atoms in total. The number of rotatable bonds is 8. The van der Waals surface area contributed by atoms with E-state index in [2.05, 4.69) is 5.32 Å². The van der Waals surface area contributed by atoms with Crippen LogP contribution in [0.2, 0.25) is 0 Å². The number of carboxylic acids is 1. The molecule has 0 fully saturated rings. The smallest absolute Gasteiger partial charge is 0.326 e. The molecule has 0 aromatic heterocycles. The van der Waals surface area contributed by atoms with Gasteiger partial charge in [0.15, 0.2) is 0 Å². The summed E-state index contributed by atoms with van der Waals surface area (Å²) in [5, 5.41) is 11.3. The van der Waals surface area contributed by atoms with Crippen LogP contribution in [0.1, 0.15) is 16.8 Å². The van der Waals surface area contributed by atoms with Crippen LogP contribution < -0.4 is 10.0 Å². The first-order valence-corrected chi connectivity index (χ1v) is 8.33. The maximum absolute atomic E-state index is 13.6. The van der Waals surface area contributed by atoms with Crippen LogP contribution in [0.4, 0.5) is 10.1 Å². The molecule has 128 valence electrons. The molecule has 0 radical (unpaired) electrons. The normalized spacial score (nSPS) is 12.5. The summed E-state index contributed by atoms with van der Waals surface area (Å²) in [5.74, 6) is -2.88. The number of amides is 1. The summed E-state index contributed by atoms with van der Waals surface area (Å²) in [6.07, 6.45) is 0.887. The highest BCUT2D eigenvalue weighted by molar-refractivity contribution is 7.92. The Hall–Kier alpha value is -2.20. The minimum atomic E-state index is -3.72. The van der Waals surface area contributed by atoms with Crippen LogP contribution >= 0.6 is 0 Å². The van der Waals surface area contributed by atoms with E-state index in [4.69, 9.17) is 9.84 Å². The number of sulfonamides is 1. The number of methoxy groups -OCH3 is 1. The van der Waals surface area contributed by atoms with E-state index in [-0.39, 0.29) is 18.6 Å². The lowest BCUT2D eigenvalue weighted by Crippen LogP contribution is -2.41. The van der Waals surface area contributed by atoms with Gasteiger partial charge in [0.05, 0.1) is 11.9 Å². The van der Waals surface area contributed by atoms with Crippen LogP contribution in [-0.2, 0) is 19.6 Å². The number of carbonyl (C=O) groups is 2. The molecule has 3 N–H and O–H groups in total. The second kappa shape index (κ2) is 7.88. The predicted molar refractivity (Wildman–Crippen MR) is 80.2 cm³/mol. The zero-order valence-electron chi connectivity index (χ0n) is 12.5. The fraction of sp³-hybridized carbons (Fsp3) is 0.385. The Labute approximate surface area is 132 Å². The molecule has 0 aliphatic heterocycles. The van der Waals surface area contributed by atoms with E-state index in [1.165, 1.54) is 7.11 Å². The number of aliphatic carboxylic acids is 1. The second-order valence-electron chi connectivity index (χ2n) is 4.71. The molecule has 0 bridgehead atoms. The molecule has 0 spiro atoms. The number of ether oxygens (including phenoxy) is 1. The van der Waals surface area contributed by atoms with E-state index in [1.807, 2.05) is 4.72 Å². The summed E-state index contributed by atoms with van der Waals surface area (Å²) in [6.45, 7) is 0.127. The first-order chi connectivity index (χ1) is 10.6. The van der Waals surface area contributed by atoms with Gasteiger partial charge >= 0.3 is 5.97 Å². The van der Waals surface area contributed by atoms with Gasteiger partial charge in [0.1, 0.15) is 11.9 Å². The molecular weight excluding hydrogens is 331 g/mol. The lowest BCUT2D eigenvalue weighted by atomic mass is 10.1. The summed E-state index contributed by atoms with van der Waals surface area (Å²) in [7, 11) is -2.33. The first-order valence-electron chi connectivity index (χ1n) is 6.44. The third-order valence-corrected chi connectivity index (χ3v) is 3.33. The summed E-state index contributed by atoms with van der Waals surface area (Å²) in [6, 6.07) is 1.83. The van der Waals surface area contributed by atoms with E-state index in [9.17, 15) is 22.4 Å². The van der Waals surface area contributed by atoms with Crippen LogP contribution in [-0.4, -0.2) is 51.4 Å². The van der Waals surface area contributed by atoms with E-state index in [1.54, 1.807) is 0 Å². The topological polar surface area (TPSA) is 122 Å². The Morgan fingerprint density at radius 3 is 2.57 bits per heavy atom. The number of benzene rings is 1. The molecule has 0 aliphatic carbocycles. The lowest BCUT2D eigenvalue weighted by molar-refractivity contribution is -0.139. The van der Waals surface area contributed by atoms with Gasteiger partial charge in [-0.05, 0) is 18.2 Å². The van der Waals surface area contributed by atoms with E-state index in [0.29, 0.717) is 0 Å². The van der Waals surface area contributed by atoms with Crippen molar-refractivity contribution in [1.82, 2.24) is 5.32 Å². The summed E-state index contributed by atoms with van der Waals surface area (Å²) in [4.78, 5) is 23.1. The Kier molecular flexibility index (Phi) is 6.46. The minimum absolute atomic E-state index is 0.0488. The fourth-order valence-corrected chi connectivity index (χ4v) is 2.24. The molecule has 1 amide bonds. The molecule has 1 rings (SSSR count). The van der Waals surface area contributed by atoms with Crippen molar-refractivity contribution in [2.45, 2.75) is 12.5 Å². The van der Waals surface area contributed by atoms with Gasteiger partial charge in [0.25, 0.3) is 5.91 Å². The van der Waals surface area contributed by atoms with Crippen molar-refractivity contribution in [2.75, 3.05) is 24.7 Å². The first kappa shape index (κ1) is 18.8. The van der Waals surface area contributed by atoms with Crippen LogP contribution in [0.5, 0.6) is 0 Å². The molecule has 1 aromatic carbocycles. The standard InChI is InChI=1S/C13H17FN2O6S/c1-22-6-5-10(13(18)19)15-12(17)8-3-4-9(14)11(7-8)16-23(2,20)21/h3-4,7,10,16H,5-6H2,1-2H3,(H,15,17)(H,18,19). The molecule has 1 atom stereocenters. The second-order valence-corrected chi connectivity index (χ2v) is 6.46. The van der Waals surface area contributed by atoms with Crippen LogP contribution in [0.25, 0.3) is 0 Å². The number of hydrogen-bond acceptors (Lipinski definition) is 5. The SMILES string of the molecule is COCCC(NC(=O)c1ccc(F)c(NS(C)(=O)=O)c1)C(=O)O. The number of carboxylic acid groups (broad SMARTS) is 1. The van der Waals surface area contributed by atoms with E-state index < -0.39 is 39.4 Å². The Bertz CT molecular complexity index is 692.